The first kappa shape index (κ1) is 14.2. The molecular formula is C19H23NO. The Morgan fingerprint density at radius 1 is 1.10 bits per heavy atom. The van der Waals surface area contributed by atoms with Crippen LogP contribution in [-0.4, -0.2) is 19.2 Å². The maximum absolute atomic E-state index is 5.96. The lowest BCUT2D eigenvalue weighted by molar-refractivity contribution is 0.184. The summed E-state index contributed by atoms with van der Waals surface area (Å²) in [5, 5.41) is 3.65. The van der Waals surface area contributed by atoms with Gasteiger partial charge in [-0.2, -0.15) is 0 Å². The molecule has 2 heteroatoms. The second kappa shape index (κ2) is 6.77. The molecule has 0 radical (unpaired) electrons. The van der Waals surface area contributed by atoms with E-state index in [0.29, 0.717) is 12.0 Å². The Kier molecular flexibility index (Phi) is 4.56. The molecule has 1 heterocycles. The van der Waals surface area contributed by atoms with E-state index in [1.807, 2.05) is 6.07 Å². The molecule has 21 heavy (non-hydrogen) atoms. The van der Waals surface area contributed by atoms with Gasteiger partial charge in [0, 0.05) is 12.0 Å². The van der Waals surface area contributed by atoms with Gasteiger partial charge in [0.2, 0.25) is 0 Å². The molecule has 0 amide bonds. The largest absolute Gasteiger partial charge is 0.493 e. The number of hydrogen-bond acceptors (Lipinski definition) is 2. The number of hydrogen-bond donors (Lipinski definition) is 1. The Labute approximate surface area is 127 Å². The van der Waals surface area contributed by atoms with E-state index in [9.17, 15) is 0 Å². The van der Waals surface area contributed by atoms with Crippen LogP contribution in [0.5, 0.6) is 5.75 Å². The zero-order chi connectivity index (χ0) is 14.5. The zero-order valence-electron chi connectivity index (χ0n) is 12.6. The quantitative estimate of drug-likeness (QED) is 0.906. The molecular weight excluding hydrogens is 258 g/mol. The normalized spacial score (nSPS) is 18.6. The molecule has 0 aromatic heterocycles. The van der Waals surface area contributed by atoms with Crippen molar-refractivity contribution in [3.05, 3.63) is 65.7 Å². The highest BCUT2D eigenvalue weighted by atomic mass is 16.5. The Balaban J connectivity index is 1.73. The minimum absolute atomic E-state index is 0.464. The van der Waals surface area contributed by atoms with Gasteiger partial charge in [0.1, 0.15) is 5.75 Å². The minimum atomic E-state index is 0.464. The smallest absolute Gasteiger partial charge is 0.122 e. The van der Waals surface area contributed by atoms with Crippen molar-refractivity contribution in [1.29, 1.82) is 0 Å². The summed E-state index contributed by atoms with van der Waals surface area (Å²) in [7, 11) is 0. The molecule has 2 nitrogen and oxygen atoms in total. The van der Waals surface area contributed by atoms with Gasteiger partial charge in [-0.25, -0.2) is 0 Å². The average molecular weight is 281 g/mol. The van der Waals surface area contributed by atoms with Gasteiger partial charge in [0.25, 0.3) is 0 Å². The van der Waals surface area contributed by atoms with E-state index >= 15 is 0 Å². The van der Waals surface area contributed by atoms with E-state index in [2.05, 4.69) is 60.8 Å². The third-order valence-corrected chi connectivity index (χ3v) is 4.24. The van der Waals surface area contributed by atoms with E-state index in [0.717, 1.165) is 31.7 Å². The number of rotatable bonds is 5. The number of nitrogens with one attached hydrogen (secondary N) is 1. The van der Waals surface area contributed by atoms with E-state index in [1.54, 1.807) is 0 Å². The Bertz CT molecular complexity index is 567. The van der Waals surface area contributed by atoms with Gasteiger partial charge in [-0.1, -0.05) is 55.5 Å². The Hall–Kier alpha value is -1.80. The van der Waals surface area contributed by atoms with Gasteiger partial charge < -0.3 is 10.1 Å². The molecule has 2 aromatic rings. The molecule has 0 fully saturated rings. The summed E-state index contributed by atoms with van der Waals surface area (Å²) in [6.07, 6.45) is 2.16. The predicted octanol–water partition coefficient (Wildman–Crippen LogP) is 3.46. The second-order valence-corrected chi connectivity index (χ2v) is 5.74. The highest BCUT2D eigenvalue weighted by Crippen LogP contribution is 2.29. The molecule has 1 N–H and O–H groups in total. The summed E-state index contributed by atoms with van der Waals surface area (Å²) < 4.78 is 5.96. The standard InChI is InChI=1S/C19H23NO/c1-2-20-18(12-15-8-4-3-5-9-15)17-13-16-10-6-7-11-19(16)21-14-17/h3-11,17-18,20H,2,12-14H2,1H3. The fraction of sp³-hybridized carbons (Fsp3) is 0.368. The predicted molar refractivity (Wildman–Crippen MR) is 86.7 cm³/mol. The van der Waals surface area contributed by atoms with Crippen LogP contribution < -0.4 is 10.1 Å². The Morgan fingerprint density at radius 2 is 1.86 bits per heavy atom. The van der Waals surface area contributed by atoms with Crippen LogP contribution in [-0.2, 0) is 12.8 Å². The van der Waals surface area contributed by atoms with Crippen molar-refractivity contribution in [2.45, 2.75) is 25.8 Å². The van der Waals surface area contributed by atoms with Crippen molar-refractivity contribution < 1.29 is 4.74 Å². The van der Waals surface area contributed by atoms with Gasteiger partial charge in [0.15, 0.2) is 0 Å². The first-order valence-electron chi connectivity index (χ1n) is 7.85. The number of ether oxygens (including phenoxy) is 1. The van der Waals surface area contributed by atoms with Gasteiger partial charge in [0.05, 0.1) is 6.61 Å². The summed E-state index contributed by atoms with van der Waals surface area (Å²) in [4.78, 5) is 0. The molecule has 3 rings (SSSR count). The van der Waals surface area contributed by atoms with E-state index in [4.69, 9.17) is 4.74 Å². The van der Waals surface area contributed by atoms with Crippen LogP contribution in [0.15, 0.2) is 54.6 Å². The molecule has 2 unspecified atom stereocenters. The third-order valence-electron chi connectivity index (χ3n) is 4.24. The second-order valence-electron chi connectivity index (χ2n) is 5.74. The molecule has 0 saturated heterocycles. The van der Waals surface area contributed by atoms with E-state index in [1.165, 1.54) is 11.1 Å². The molecule has 0 aliphatic carbocycles. The molecule has 2 atom stereocenters. The van der Waals surface area contributed by atoms with Gasteiger partial charge in [-0.05, 0) is 36.6 Å². The summed E-state index contributed by atoms with van der Waals surface area (Å²) in [6.45, 7) is 3.98. The summed E-state index contributed by atoms with van der Waals surface area (Å²) in [5.74, 6) is 1.59. The number of benzene rings is 2. The first-order chi connectivity index (χ1) is 10.4. The van der Waals surface area contributed by atoms with Crippen molar-refractivity contribution >= 4 is 0 Å². The molecule has 1 aliphatic rings. The van der Waals surface area contributed by atoms with Crippen LogP contribution in [0.1, 0.15) is 18.1 Å². The van der Waals surface area contributed by atoms with Crippen molar-refractivity contribution in [3.8, 4) is 5.75 Å². The molecule has 110 valence electrons. The summed E-state index contributed by atoms with van der Waals surface area (Å²) in [6, 6.07) is 19.6. The summed E-state index contributed by atoms with van der Waals surface area (Å²) >= 11 is 0. The SMILES string of the molecule is CCNC(Cc1ccccc1)C1COc2ccccc2C1. The average Bonchev–Trinajstić information content (AvgIpc) is 2.55. The molecule has 0 spiro atoms. The topological polar surface area (TPSA) is 21.3 Å². The molecule has 1 aliphatic heterocycles. The van der Waals surface area contributed by atoms with Crippen LogP contribution in [0, 0.1) is 5.92 Å². The number of fused-ring (bicyclic) bond motifs is 1. The van der Waals surface area contributed by atoms with Crippen molar-refractivity contribution in [2.75, 3.05) is 13.2 Å². The fourth-order valence-electron chi connectivity index (χ4n) is 3.15. The molecule has 0 bridgehead atoms. The maximum Gasteiger partial charge on any atom is 0.122 e. The highest BCUT2D eigenvalue weighted by Gasteiger charge is 2.26. The van der Waals surface area contributed by atoms with Crippen LogP contribution in [0.25, 0.3) is 0 Å². The molecule has 2 aromatic carbocycles. The Morgan fingerprint density at radius 3 is 2.67 bits per heavy atom. The monoisotopic (exact) mass is 281 g/mol. The van der Waals surface area contributed by atoms with Gasteiger partial charge in [-0.3, -0.25) is 0 Å². The first-order valence-corrected chi connectivity index (χ1v) is 7.85. The van der Waals surface area contributed by atoms with Crippen molar-refractivity contribution in [2.24, 2.45) is 5.92 Å². The van der Waals surface area contributed by atoms with E-state index < -0.39 is 0 Å². The van der Waals surface area contributed by atoms with Crippen LogP contribution in [0.2, 0.25) is 0 Å². The minimum Gasteiger partial charge on any atom is -0.493 e. The third kappa shape index (κ3) is 3.45. The van der Waals surface area contributed by atoms with Crippen LogP contribution in [0.3, 0.4) is 0 Å². The number of para-hydroxylation sites is 1. The lowest BCUT2D eigenvalue weighted by Gasteiger charge is -2.32. The lowest BCUT2D eigenvalue weighted by atomic mass is 9.87. The molecule has 0 saturated carbocycles. The zero-order valence-corrected chi connectivity index (χ0v) is 12.6. The highest BCUT2D eigenvalue weighted by molar-refractivity contribution is 5.35. The van der Waals surface area contributed by atoms with Crippen molar-refractivity contribution in [3.63, 3.8) is 0 Å². The summed E-state index contributed by atoms with van der Waals surface area (Å²) in [5.41, 5.74) is 2.73. The van der Waals surface area contributed by atoms with Gasteiger partial charge >= 0.3 is 0 Å². The van der Waals surface area contributed by atoms with Gasteiger partial charge in [-0.15, -0.1) is 0 Å². The lowest BCUT2D eigenvalue weighted by Crippen LogP contribution is -2.43. The number of likely N-dealkylation sites (N-methyl/N-ethyl adjacent to an activating group) is 1. The van der Waals surface area contributed by atoms with Crippen molar-refractivity contribution in [1.82, 2.24) is 5.32 Å². The van der Waals surface area contributed by atoms with Crippen LogP contribution in [0.4, 0.5) is 0 Å². The van der Waals surface area contributed by atoms with Crippen LogP contribution >= 0.6 is 0 Å². The van der Waals surface area contributed by atoms with E-state index in [-0.39, 0.29) is 0 Å². The fourth-order valence-corrected chi connectivity index (χ4v) is 3.15. The maximum atomic E-state index is 5.96.